The lowest BCUT2D eigenvalue weighted by Crippen LogP contribution is -2.45. The van der Waals surface area contributed by atoms with Gasteiger partial charge in [0.2, 0.25) is 0 Å². The predicted molar refractivity (Wildman–Crippen MR) is 96.4 cm³/mol. The topological polar surface area (TPSA) is 44.4 Å². The van der Waals surface area contributed by atoms with Crippen LogP contribution in [0, 0.1) is 11.6 Å². The fraction of sp³-hybridized carbons (Fsp3) is 0.350. The van der Waals surface area contributed by atoms with Crippen molar-refractivity contribution >= 4 is 11.7 Å². The lowest BCUT2D eigenvalue weighted by atomic mass is 9.78. The molecule has 2 atom stereocenters. The van der Waals surface area contributed by atoms with Crippen LogP contribution in [0.4, 0.5) is 19.3 Å². The number of fused-ring (bicyclic) bond motifs is 1. The normalized spacial score (nSPS) is 21.1. The Morgan fingerprint density at radius 3 is 2.65 bits per heavy atom. The lowest BCUT2D eigenvalue weighted by molar-refractivity contribution is 0.236. The second-order valence-corrected chi connectivity index (χ2v) is 6.96. The first-order valence-corrected chi connectivity index (χ1v) is 8.93. The first-order valence-electron chi connectivity index (χ1n) is 8.93. The molecule has 6 heteroatoms. The van der Waals surface area contributed by atoms with Gasteiger partial charge in [0.25, 0.3) is 0 Å². The van der Waals surface area contributed by atoms with Crippen LogP contribution in [0.3, 0.4) is 0 Å². The number of benzene rings is 2. The third kappa shape index (κ3) is 3.23. The van der Waals surface area contributed by atoms with Crippen LogP contribution in [-0.4, -0.2) is 31.7 Å². The summed E-state index contributed by atoms with van der Waals surface area (Å²) in [6.45, 7) is 1.51. The van der Waals surface area contributed by atoms with Crippen molar-refractivity contribution in [2.24, 2.45) is 0 Å². The van der Waals surface area contributed by atoms with Crippen LogP contribution >= 0.6 is 0 Å². The molecule has 0 saturated carbocycles. The fourth-order valence-corrected chi connectivity index (χ4v) is 3.87. The highest BCUT2D eigenvalue weighted by atomic mass is 19.1. The summed E-state index contributed by atoms with van der Waals surface area (Å²) in [5.74, 6) is -0.776. The minimum Gasteiger partial charge on any atom is -0.365 e. The summed E-state index contributed by atoms with van der Waals surface area (Å²) in [7, 11) is 0. The molecule has 2 aromatic rings. The highest BCUT2D eigenvalue weighted by Crippen LogP contribution is 2.34. The largest absolute Gasteiger partial charge is 0.365 e. The summed E-state index contributed by atoms with van der Waals surface area (Å²) in [5.41, 5.74) is 2.64. The van der Waals surface area contributed by atoms with Crippen LogP contribution in [-0.2, 0) is 6.42 Å². The van der Waals surface area contributed by atoms with Gasteiger partial charge < -0.3 is 15.5 Å². The number of hydrogen-bond acceptors (Lipinski definition) is 2. The maximum atomic E-state index is 13.9. The Bertz CT molecular complexity index is 806. The van der Waals surface area contributed by atoms with Crippen molar-refractivity contribution in [1.29, 1.82) is 0 Å². The maximum absolute atomic E-state index is 13.9. The molecule has 2 aliphatic rings. The minimum absolute atomic E-state index is 0.0108. The Balaban J connectivity index is 1.27. The molecule has 2 amide bonds. The zero-order valence-corrected chi connectivity index (χ0v) is 14.3. The van der Waals surface area contributed by atoms with Gasteiger partial charge in [-0.3, -0.25) is 0 Å². The van der Waals surface area contributed by atoms with E-state index in [0.29, 0.717) is 32.0 Å². The highest BCUT2D eigenvalue weighted by Gasteiger charge is 2.29. The highest BCUT2D eigenvalue weighted by molar-refractivity contribution is 5.74. The average Bonchev–Trinajstić information content (AvgIpc) is 3.03. The van der Waals surface area contributed by atoms with Gasteiger partial charge >= 0.3 is 6.03 Å². The summed E-state index contributed by atoms with van der Waals surface area (Å²) in [6.07, 6.45) is 1.65. The zero-order chi connectivity index (χ0) is 18.1. The Labute approximate surface area is 151 Å². The van der Waals surface area contributed by atoms with E-state index in [-0.39, 0.29) is 17.8 Å². The SMILES string of the molecule is O=C(NCC1Cc2ccccc21)NC1CCN(c2c(F)cccc2F)C1. The number of carbonyl (C=O) groups is 1. The predicted octanol–water partition coefficient (Wildman–Crippen LogP) is 3.18. The van der Waals surface area contributed by atoms with E-state index in [9.17, 15) is 13.6 Å². The van der Waals surface area contributed by atoms with Crippen LogP contribution in [0.5, 0.6) is 0 Å². The van der Waals surface area contributed by atoms with E-state index in [1.807, 2.05) is 12.1 Å². The minimum atomic E-state index is -0.571. The number of halogens is 2. The molecule has 0 bridgehead atoms. The van der Waals surface area contributed by atoms with Crippen LogP contribution in [0.2, 0.25) is 0 Å². The van der Waals surface area contributed by atoms with Gasteiger partial charge in [-0.1, -0.05) is 30.3 Å². The molecule has 0 aromatic heterocycles. The molecule has 4 rings (SSSR count). The second kappa shape index (κ2) is 6.94. The summed E-state index contributed by atoms with van der Waals surface area (Å²) in [5, 5.41) is 5.82. The van der Waals surface area contributed by atoms with Gasteiger partial charge in [0.15, 0.2) is 0 Å². The Kier molecular flexibility index (Phi) is 4.49. The van der Waals surface area contributed by atoms with Crippen molar-refractivity contribution in [3.63, 3.8) is 0 Å². The van der Waals surface area contributed by atoms with Gasteiger partial charge in [-0.25, -0.2) is 13.6 Å². The van der Waals surface area contributed by atoms with E-state index in [2.05, 4.69) is 22.8 Å². The van der Waals surface area contributed by atoms with E-state index in [1.165, 1.54) is 29.3 Å². The van der Waals surface area contributed by atoms with Gasteiger partial charge in [0.1, 0.15) is 17.3 Å². The van der Waals surface area contributed by atoms with Crippen molar-refractivity contribution in [3.05, 3.63) is 65.2 Å². The van der Waals surface area contributed by atoms with Crippen LogP contribution in [0.1, 0.15) is 23.5 Å². The average molecular weight is 357 g/mol. The van der Waals surface area contributed by atoms with Crippen molar-refractivity contribution in [2.45, 2.75) is 24.8 Å². The van der Waals surface area contributed by atoms with Gasteiger partial charge in [-0.2, -0.15) is 0 Å². The van der Waals surface area contributed by atoms with Gasteiger partial charge in [-0.05, 0) is 36.1 Å². The molecule has 1 fully saturated rings. The summed E-state index contributed by atoms with van der Waals surface area (Å²) in [6, 6.07) is 11.8. The number of urea groups is 1. The number of rotatable bonds is 4. The van der Waals surface area contributed by atoms with Crippen molar-refractivity contribution in [2.75, 3.05) is 24.5 Å². The lowest BCUT2D eigenvalue weighted by Gasteiger charge is -2.30. The van der Waals surface area contributed by atoms with Crippen molar-refractivity contribution in [3.8, 4) is 0 Å². The van der Waals surface area contributed by atoms with Crippen molar-refractivity contribution < 1.29 is 13.6 Å². The van der Waals surface area contributed by atoms with Crippen LogP contribution in [0.25, 0.3) is 0 Å². The van der Waals surface area contributed by atoms with Gasteiger partial charge in [-0.15, -0.1) is 0 Å². The molecular formula is C20H21F2N3O. The smallest absolute Gasteiger partial charge is 0.315 e. The molecule has 2 unspecified atom stereocenters. The maximum Gasteiger partial charge on any atom is 0.315 e. The Hall–Kier alpha value is -2.63. The molecule has 1 aliphatic heterocycles. The third-order valence-corrected chi connectivity index (χ3v) is 5.25. The Morgan fingerprint density at radius 1 is 1.12 bits per heavy atom. The number of amides is 2. The number of para-hydroxylation sites is 1. The third-order valence-electron chi connectivity index (χ3n) is 5.25. The molecule has 1 saturated heterocycles. The van der Waals surface area contributed by atoms with Gasteiger partial charge in [0, 0.05) is 31.6 Å². The first kappa shape index (κ1) is 16.8. The zero-order valence-electron chi connectivity index (χ0n) is 14.3. The summed E-state index contributed by atoms with van der Waals surface area (Å²) < 4.78 is 27.8. The number of nitrogens with zero attached hydrogens (tertiary/aromatic N) is 1. The van der Waals surface area contributed by atoms with E-state index in [1.54, 1.807) is 4.90 Å². The molecule has 2 N–H and O–H groups in total. The molecule has 136 valence electrons. The Morgan fingerprint density at radius 2 is 1.88 bits per heavy atom. The van der Waals surface area contributed by atoms with Crippen LogP contribution in [0.15, 0.2) is 42.5 Å². The summed E-state index contributed by atoms with van der Waals surface area (Å²) >= 11 is 0. The van der Waals surface area contributed by atoms with Gasteiger partial charge in [0.05, 0.1) is 0 Å². The number of anilines is 1. The monoisotopic (exact) mass is 357 g/mol. The molecule has 2 aromatic carbocycles. The number of hydrogen-bond donors (Lipinski definition) is 2. The standard InChI is InChI=1S/C20H21F2N3O/c21-17-6-3-7-18(22)19(17)25-9-8-15(12-25)24-20(26)23-11-14-10-13-4-1-2-5-16(13)14/h1-7,14-15H,8-12H2,(H2,23,24,26). The first-order chi connectivity index (χ1) is 12.6. The fourth-order valence-electron chi connectivity index (χ4n) is 3.87. The van der Waals surface area contributed by atoms with Crippen molar-refractivity contribution in [1.82, 2.24) is 10.6 Å². The molecule has 1 heterocycles. The molecular weight excluding hydrogens is 336 g/mol. The molecule has 1 aliphatic carbocycles. The quantitative estimate of drug-likeness (QED) is 0.883. The molecule has 0 spiro atoms. The van der Waals surface area contributed by atoms with E-state index in [0.717, 1.165) is 6.42 Å². The molecule has 4 nitrogen and oxygen atoms in total. The molecule has 0 radical (unpaired) electrons. The molecule has 26 heavy (non-hydrogen) atoms. The number of nitrogens with one attached hydrogen (secondary N) is 2. The number of carbonyl (C=O) groups excluding carboxylic acids is 1. The van der Waals surface area contributed by atoms with E-state index in [4.69, 9.17) is 0 Å². The van der Waals surface area contributed by atoms with E-state index >= 15 is 0 Å². The van der Waals surface area contributed by atoms with E-state index < -0.39 is 11.6 Å². The van der Waals surface area contributed by atoms with Crippen LogP contribution < -0.4 is 15.5 Å². The second-order valence-electron chi connectivity index (χ2n) is 6.96. The summed E-state index contributed by atoms with van der Waals surface area (Å²) in [4.78, 5) is 13.8.